The second-order valence-electron chi connectivity index (χ2n) is 10.3. The first-order valence-corrected chi connectivity index (χ1v) is 13.4. The van der Waals surface area contributed by atoms with Gasteiger partial charge in [-0.05, 0) is 63.9 Å². The smallest absolute Gasteiger partial charge is 0.408 e. The molecule has 2 atom stereocenters. The predicted octanol–water partition coefficient (Wildman–Crippen LogP) is 6.09. The van der Waals surface area contributed by atoms with E-state index in [0.29, 0.717) is 23.5 Å². The fourth-order valence-electron chi connectivity index (χ4n) is 4.04. The summed E-state index contributed by atoms with van der Waals surface area (Å²) in [7, 11) is 1.58. The van der Waals surface area contributed by atoms with Crippen LogP contribution in [0.4, 0.5) is 10.5 Å². The molecule has 0 aliphatic heterocycles. The van der Waals surface area contributed by atoms with Crippen LogP contribution in [0.3, 0.4) is 0 Å². The summed E-state index contributed by atoms with van der Waals surface area (Å²) in [6, 6.07) is 14.5. The first-order chi connectivity index (χ1) is 18.1. The zero-order valence-corrected chi connectivity index (χ0v) is 23.6. The average Bonchev–Trinajstić information content (AvgIpc) is 2.87. The SMILES string of the molecule is CCCCCCCN(C(=O)C(C)NC(=O)OC(C)(C)C)C(C(=O)Nc1ccc(OC)cc1)c1ccccc1. The number of hydrogen-bond donors (Lipinski definition) is 2. The Morgan fingerprint density at radius 1 is 0.921 bits per heavy atom. The Morgan fingerprint density at radius 2 is 1.55 bits per heavy atom. The molecular weight excluding hydrogens is 482 g/mol. The van der Waals surface area contributed by atoms with Crippen LogP contribution in [0.1, 0.15) is 78.3 Å². The molecular formula is C30H43N3O5. The van der Waals surface area contributed by atoms with E-state index in [2.05, 4.69) is 17.6 Å². The Morgan fingerprint density at radius 3 is 2.13 bits per heavy atom. The molecule has 2 unspecified atom stereocenters. The third-order valence-electron chi connectivity index (χ3n) is 5.92. The minimum Gasteiger partial charge on any atom is -0.497 e. The monoisotopic (exact) mass is 525 g/mol. The molecule has 8 nitrogen and oxygen atoms in total. The molecule has 0 aliphatic rings. The number of rotatable bonds is 13. The van der Waals surface area contributed by atoms with Crippen LogP contribution in [0.15, 0.2) is 54.6 Å². The Labute approximate surface area is 227 Å². The van der Waals surface area contributed by atoms with Crippen molar-refractivity contribution in [3.05, 3.63) is 60.2 Å². The zero-order valence-electron chi connectivity index (χ0n) is 23.6. The van der Waals surface area contributed by atoms with Gasteiger partial charge in [0.15, 0.2) is 0 Å². The fraction of sp³-hybridized carbons (Fsp3) is 0.500. The maximum Gasteiger partial charge on any atom is 0.408 e. The van der Waals surface area contributed by atoms with E-state index in [-0.39, 0.29) is 11.8 Å². The van der Waals surface area contributed by atoms with Crippen LogP contribution in [0.2, 0.25) is 0 Å². The molecule has 2 rings (SSSR count). The topological polar surface area (TPSA) is 97.0 Å². The van der Waals surface area contributed by atoms with E-state index in [4.69, 9.17) is 9.47 Å². The Kier molecular flexibility index (Phi) is 12.1. The second-order valence-corrected chi connectivity index (χ2v) is 10.3. The van der Waals surface area contributed by atoms with Crippen LogP contribution in [0.25, 0.3) is 0 Å². The highest BCUT2D eigenvalue weighted by atomic mass is 16.6. The number of alkyl carbamates (subject to hydrolysis) is 1. The van der Waals surface area contributed by atoms with Gasteiger partial charge in [0.05, 0.1) is 7.11 Å². The predicted molar refractivity (Wildman–Crippen MR) is 150 cm³/mol. The van der Waals surface area contributed by atoms with Gasteiger partial charge in [0.25, 0.3) is 5.91 Å². The number of nitrogens with zero attached hydrogens (tertiary/aromatic N) is 1. The maximum atomic E-state index is 13.8. The van der Waals surface area contributed by atoms with E-state index < -0.39 is 23.8 Å². The summed E-state index contributed by atoms with van der Waals surface area (Å²) < 4.78 is 10.6. The van der Waals surface area contributed by atoms with Gasteiger partial charge in [-0.3, -0.25) is 9.59 Å². The molecule has 0 aliphatic carbocycles. The van der Waals surface area contributed by atoms with Gasteiger partial charge in [-0.25, -0.2) is 4.79 Å². The number of unbranched alkanes of at least 4 members (excludes halogenated alkanes) is 4. The lowest BCUT2D eigenvalue weighted by Crippen LogP contribution is -2.51. The molecule has 2 N–H and O–H groups in total. The van der Waals surface area contributed by atoms with Crippen LogP contribution in [-0.2, 0) is 14.3 Å². The van der Waals surface area contributed by atoms with Crippen molar-refractivity contribution >= 4 is 23.6 Å². The first kappa shape index (κ1) is 30.7. The number of anilines is 1. The van der Waals surface area contributed by atoms with Crippen molar-refractivity contribution in [2.24, 2.45) is 0 Å². The molecule has 0 spiro atoms. The number of methoxy groups -OCH3 is 1. The first-order valence-electron chi connectivity index (χ1n) is 13.4. The number of ether oxygens (including phenoxy) is 2. The van der Waals surface area contributed by atoms with Gasteiger partial charge < -0.3 is 25.0 Å². The Bertz CT molecular complexity index is 1020. The van der Waals surface area contributed by atoms with Crippen molar-refractivity contribution in [3.8, 4) is 5.75 Å². The standard InChI is InChI=1S/C30H43N3O5/c1-7-8-9-10-14-21-33(28(35)22(2)31-29(36)38-30(3,4)5)26(23-15-12-11-13-16-23)27(34)32-24-17-19-25(37-6)20-18-24/h11-13,15-20,22,26H,7-10,14,21H2,1-6H3,(H,31,36)(H,32,34). The van der Waals surface area contributed by atoms with Gasteiger partial charge in [-0.1, -0.05) is 62.9 Å². The molecule has 0 saturated carbocycles. The van der Waals surface area contributed by atoms with E-state index >= 15 is 0 Å². The Balaban J connectivity index is 2.35. The lowest BCUT2D eigenvalue weighted by molar-refractivity contribution is -0.140. The van der Waals surface area contributed by atoms with Crippen molar-refractivity contribution in [2.75, 3.05) is 19.0 Å². The van der Waals surface area contributed by atoms with Gasteiger partial charge in [0, 0.05) is 12.2 Å². The van der Waals surface area contributed by atoms with Gasteiger partial charge >= 0.3 is 6.09 Å². The molecule has 0 bridgehead atoms. The number of nitrogens with one attached hydrogen (secondary N) is 2. The quantitative estimate of drug-likeness (QED) is 0.309. The van der Waals surface area contributed by atoms with Gasteiger partial charge in [0.2, 0.25) is 5.91 Å². The average molecular weight is 526 g/mol. The lowest BCUT2D eigenvalue weighted by Gasteiger charge is -2.33. The van der Waals surface area contributed by atoms with E-state index in [0.717, 1.165) is 32.1 Å². The minimum atomic E-state index is -0.889. The van der Waals surface area contributed by atoms with Crippen molar-refractivity contribution in [1.82, 2.24) is 10.2 Å². The number of hydrogen-bond acceptors (Lipinski definition) is 5. The molecule has 0 fully saturated rings. The summed E-state index contributed by atoms with van der Waals surface area (Å²) >= 11 is 0. The van der Waals surface area contributed by atoms with Crippen LogP contribution >= 0.6 is 0 Å². The lowest BCUT2D eigenvalue weighted by atomic mass is 10.0. The molecule has 208 valence electrons. The van der Waals surface area contributed by atoms with E-state index in [1.54, 1.807) is 64.0 Å². The van der Waals surface area contributed by atoms with Crippen LogP contribution in [-0.4, -0.2) is 48.1 Å². The largest absolute Gasteiger partial charge is 0.497 e. The third-order valence-corrected chi connectivity index (χ3v) is 5.92. The van der Waals surface area contributed by atoms with Crippen LogP contribution < -0.4 is 15.4 Å². The molecule has 0 radical (unpaired) electrons. The van der Waals surface area contributed by atoms with Crippen molar-refractivity contribution < 1.29 is 23.9 Å². The normalized spacial score (nSPS) is 12.7. The summed E-state index contributed by atoms with van der Waals surface area (Å²) in [5.41, 5.74) is 0.577. The van der Waals surface area contributed by atoms with Crippen molar-refractivity contribution in [1.29, 1.82) is 0 Å². The summed E-state index contributed by atoms with van der Waals surface area (Å²) in [5, 5.41) is 5.59. The summed E-state index contributed by atoms with van der Waals surface area (Å²) in [6.45, 7) is 9.41. The van der Waals surface area contributed by atoms with Crippen LogP contribution in [0.5, 0.6) is 5.75 Å². The molecule has 0 saturated heterocycles. The fourth-order valence-corrected chi connectivity index (χ4v) is 4.04. The van der Waals surface area contributed by atoms with Gasteiger partial charge in [-0.15, -0.1) is 0 Å². The van der Waals surface area contributed by atoms with Gasteiger partial charge in [-0.2, -0.15) is 0 Å². The summed E-state index contributed by atoms with van der Waals surface area (Å²) in [6.07, 6.45) is 4.27. The zero-order chi connectivity index (χ0) is 28.1. The number of carbonyl (C=O) groups excluding carboxylic acids is 3. The van der Waals surface area contributed by atoms with E-state index in [1.165, 1.54) is 0 Å². The van der Waals surface area contributed by atoms with Crippen molar-refractivity contribution in [3.63, 3.8) is 0 Å². The van der Waals surface area contributed by atoms with E-state index in [9.17, 15) is 14.4 Å². The van der Waals surface area contributed by atoms with E-state index in [1.807, 2.05) is 30.3 Å². The highest BCUT2D eigenvalue weighted by Gasteiger charge is 2.34. The molecule has 38 heavy (non-hydrogen) atoms. The molecule has 2 aromatic rings. The molecule has 3 amide bonds. The highest BCUT2D eigenvalue weighted by Crippen LogP contribution is 2.26. The number of amides is 3. The molecule has 0 aromatic heterocycles. The summed E-state index contributed by atoms with van der Waals surface area (Å²) in [5.74, 6) is -0.0219. The molecule has 2 aromatic carbocycles. The number of carbonyl (C=O) groups is 3. The molecule has 8 heteroatoms. The highest BCUT2D eigenvalue weighted by molar-refractivity contribution is 5.99. The maximum absolute atomic E-state index is 13.8. The summed E-state index contributed by atoms with van der Waals surface area (Å²) in [4.78, 5) is 41.5. The second kappa shape index (κ2) is 15.0. The van der Waals surface area contributed by atoms with Crippen LogP contribution in [0, 0.1) is 0 Å². The third kappa shape index (κ3) is 10.1. The number of benzene rings is 2. The van der Waals surface area contributed by atoms with Crippen molar-refractivity contribution in [2.45, 2.75) is 84.4 Å². The Hall–Kier alpha value is -3.55. The van der Waals surface area contributed by atoms with Gasteiger partial charge in [0.1, 0.15) is 23.4 Å². The molecule has 0 heterocycles. The minimum absolute atomic E-state index is 0.340.